The van der Waals surface area contributed by atoms with Gasteiger partial charge in [-0.2, -0.15) is 0 Å². The van der Waals surface area contributed by atoms with Gasteiger partial charge in [-0.1, -0.05) is 41.9 Å². The van der Waals surface area contributed by atoms with E-state index in [1.54, 1.807) is 29.2 Å². The van der Waals surface area contributed by atoms with Gasteiger partial charge < -0.3 is 9.64 Å². The molecule has 0 N–H and O–H groups in total. The zero-order valence-electron chi connectivity index (χ0n) is 18.2. The van der Waals surface area contributed by atoms with E-state index < -0.39 is 23.9 Å². The van der Waals surface area contributed by atoms with E-state index in [1.807, 2.05) is 24.3 Å². The Morgan fingerprint density at radius 1 is 0.912 bits per heavy atom. The number of carbonyl (C=O) groups is 4. The molecule has 0 aromatic heterocycles. The van der Waals surface area contributed by atoms with Crippen molar-refractivity contribution in [1.82, 2.24) is 0 Å². The zero-order chi connectivity index (χ0) is 24.0. The van der Waals surface area contributed by atoms with Gasteiger partial charge in [-0.05, 0) is 55.3 Å². The molecular formula is C26H19ClN2O5. The third-order valence-electron chi connectivity index (χ3n) is 6.00. The van der Waals surface area contributed by atoms with Gasteiger partial charge in [0.2, 0.25) is 0 Å². The van der Waals surface area contributed by atoms with E-state index in [0.29, 0.717) is 6.54 Å². The summed E-state index contributed by atoms with van der Waals surface area (Å²) in [7, 11) is 0. The van der Waals surface area contributed by atoms with Crippen molar-refractivity contribution >= 4 is 46.7 Å². The van der Waals surface area contributed by atoms with Crippen molar-refractivity contribution in [3.05, 3.63) is 94.0 Å². The quantitative estimate of drug-likeness (QED) is 0.416. The van der Waals surface area contributed by atoms with Gasteiger partial charge in [0.25, 0.3) is 17.7 Å². The first kappa shape index (κ1) is 21.9. The second kappa shape index (κ2) is 8.43. The largest absolute Gasteiger partial charge is 0.449 e. The van der Waals surface area contributed by atoms with Gasteiger partial charge in [-0.15, -0.1) is 0 Å². The highest BCUT2D eigenvalue weighted by Gasteiger charge is 2.38. The van der Waals surface area contributed by atoms with Crippen LogP contribution in [0.3, 0.4) is 0 Å². The standard InChI is InChI=1S/C26H19ClN2O5/c1-15(23(30)28-13-12-16-6-2-4-8-21(16)28)34-26(33)17-10-11-18-19(14-17)25(32)29(24(18)31)22-9-5-3-7-20(22)27/h2-11,14-15H,12-13H2,1H3. The first-order chi connectivity index (χ1) is 16.4. The summed E-state index contributed by atoms with van der Waals surface area (Å²) in [6.07, 6.45) is -0.283. The van der Waals surface area contributed by atoms with E-state index in [4.69, 9.17) is 16.3 Å². The number of hydrogen-bond donors (Lipinski definition) is 0. The monoisotopic (exact) mass is 474 g/mol. The van der Waals surface area contributed by atoms with Crippen LogP contribution < -0.4 is 9.80 Å². The molecule has 0 radical (unpaired) electrons. The molecule has 1 unspecified atom stereocenters. The van der Waals surface area contributed by atoms with Gasteiger partial charge in [0.15, 0.2) is 6.10 Å². The number of ether oxygens (including phenoxy) is 1. The summed E-state index contributed by atoms with van der Waals surface area (Å²) in [6.45, 7) is 2.04. The molecule has 0 aliphatic carbocycles. The SMILES string of the molecule is CC(OC(=O)c1ccc2c(c1)C(=O)N(c1ccccc1Cl)C2=O)C(=O)N1CCc2ccccc21. The van der Waals surface area contributed by atoms with Crippen LogP contribution in [0.25, 0.3) is 0 Å². The number of para-hydroxylation sites is 2. The van der Waals surface area contributed by atoms with E-state index in [-0.39, 0.29) is 33.3 Å². The van der Waals surface area contributed by atoms with Crippen molar-refractivity contribution in [1.29, 1.82) is 0 Å². The van der Waals surface area contributed by atoms with Crippen LogP contribution in [0.4, 0.5) is 11.4 Å². The third kappa shape index (κ3) is 3.54. The molecular weight excluding hydrogens is 456 g/mol. The minimum atomic E-state index is -1.02. The molecule has 0 fully saturated rings. The van der Waals surface area contributed by atoms with Crippen LogP contribution in [0.15, 0.2) is 66.7 Å². The minimum Gasteiger partial charge on any atom is -0.449 e. The fraction of sp³-hybridized carbons (Fsp3) is 0.154. The number of nitrogens with zero attached hydrogens (tertiary/aromatic N) is 2. The summed E-state index contributed by atoms with van der Waals surface area (Å²) in [4.78, 5) is 54.1. The maximum atomic E-state index is 13.0. The molecule has 2 heterocycles. The lowest BCUT2D eigenvalue weighted by molar-refractivity contribution is -0.126. The molecule has 0 spiro atoms. The topological polar surface area (TPSA) is 84.0 Å². The fourth-order valence-electron chi connectivity index (χ4n) is 4.29. The molecule has 34 heavy (non-hydrogen) atoms. The lowest BCUT2D eigenvalue weighted by Crippen LogP contribution is -2.39. The Bertz CT molecular complexity index is 1370. The molecule has 3 amide bonds. The van der Waals surface area contributed by atoms with Gasteiger partial charge in [-0.3, -0.25) is 14.4 Å². The van der Waals surface area contributed by atoms with Crippen molar-refractivity contribution in [3.63, 3.8) is 0 Å². The van der Waals surface area contributed by atoms with Gasteiger partial charge >= 0.3 is 5.97 Å². The van der Waals surface area contributed by atoms with Gasteiger partial charge in [0, 0.05) is 12.2 Å². The van der Waals surface area contributed by atoms with Gasteiger partial charge in [0.1, 0.15) is 0 Å². The number of rotatable bonds is 4. The average Bonchev–Trinajstić information content (AvgIpc) is 3.38. The Kier molecular flexibility index (Phi) is 5.42. The van der Waals surface area contributed by atoms with Crippen molar-refractivity contribution in [3.8, 4) is 0 Å². The fourth-order valence-corrected chi connectivity index (χ4v) is 4.51. The molecule has 3 aromatic carbocycles. The maximum Gasteiger partial charge on any atom is 0.338 e. The molecule has 8 heteroatoms. The maximum absolute atomic E-state index is 13.0. The molecule has 7 nitrogen and oxygen atoms in total. The number of fused-ring (bicyclic) bond motifs is 2. The van der Waals surface area contributed by atoms with Crippen LogP contribution in [0.5, 0.6) is 0 Å². The van der Waals surface area contributed by atoms with Crippen LogP contribution in [0.1, 0.15) is 43.6 Å². The number of amides is 3. The van der Waals surface area contributed by atoms with E-state index in [2.05, 4.69) is 0 Å². The van der Waals surface area contributed by atoms with Crippen LogP contribution in [0.2, 0.25) is 5.02 Å². The summed E-state index contributed by atoms with van der Waals surface area (Å²) in [5, 5.41) is 0.257. The smallest absolute Gasteiger partial charge is 0.338 e. The lowest BCUT2D eigenvalue weighted by Gasteiger charge is -2.21. The summed E-state index contributed by atoms with van der Waals surface area (Å²) in [5.74, 6) is -2.19. The van der Waals surface area contributed by atoms with Crippen molar-refractivity contribution in [2.24, 2.45) is 0 Å². The number of carbonyl (C=O) groups excluding carboxylic acids is 4. The first-order valence-corrected chi connectivity index (χ1v) is 11.1. The average molecular weight is 475 g/mol. The molecule has 1 atom stereocenters. The summed E-state index contributed by atoms with van der Waals surface area (Å²) >= 11 is 6.18. The second-order valence-electron chi connectivity index (χ2n) is 8.07. The van der Waals surface area contributed by atoms with Crippen LogP contribution in [-0.2, 0) is 16.0 Å². The van der Waals surface area contributed by atoms with Crippen molar-refractivity contribution < 1.29 is 23.9 Å². The van der Waals surface area contributed by atoms with E-state index in [0.717, 1.165) is 22.6 Å². The van der Waals surface area contributed by atoms with Gasteiger partial charge in [-0.25, -0.2) is 9.69 Å². The number of anilines is 2. The molecule has 0 saturated carbocycles. The molecule has 0 saturated heterocycles. The van der Waals surface area contributed by atoms with E-state index >= 15 is 0 Å². The highest BCUT2D eigenvalue weighted by molar-refractivity contribution is 6.39. The Hall–Kier alpha value is -3.97. The Labute approximate surface area is 200 Å². The Morgan fingerprint density at radius 3 is 2.35 bits per heavy atom. The van der Waals surface area contributed by atoms with Crippen molar-refractivity contribution in [2.45, 2.75) is 19.4 Å². The Morgan fingerprint density at radius 2 is 1.59 bits per heavy atom. The van der Waals surface area contributed by atoms with E-state index in [9.17, 15) is 19.2 Å². The molecule has 5 rings (SSSR count). The molecule has 3 aromatic rings. The number of esters is 1. The number of halogens is 1. The molecule has 2 aliphatic rings. The van der Waals surface area contributed by atoms with Crippen LogP contribution >= 0.6 is 11.6 Å². The minimum absolute atomic E-state index is 0.0716. The predicted molar refractivity (Wildman–Crippen MR) is 126 cm³/mol. The van der Waals surface area contributed by atoms with Crippen molar-refractivity contribution in [2.75, 3.05) is 16.3 Å². The predicted octanol–water partition coefficient (Wildman–Crippen LogP) is 4.28. The number of benzene rings is 3. The van der Waals surface area contributed by atoms with E-state index in [1.165, 1.54) is 25.1 Å². The molecule has 2 aliphatic heterocycles. The van der Waals surface area contributed by atoms with Crippen LogP contribution in [0, 0.1) is 0 Å². The first-order valence-electron chi connectivity index (χ1n) is 10.7. The van der Waals surface area contributed by atoms with Crippen LogP contribution in [-0.4, -0.2) is 36.3 Å². The lowest BCUT2D eigenvalue weighted by atomic mass is 10.1. The summed E-state index contributed by atoms with van der Waals surface area (Å²) in [6, 6.07) is 18.3. The number of hydrogen-bond acceptors (Lipinski definition) is 5. The number of imide groups is 1. The Balaban J connectivity index is 1.34. The normalized spacial score (nSPS) is 15.2. The third-order valence-corrected chi connectivity index (χ3v) is 6.32. The molecule has 170 valence electrons. The highest BCUT2D eigenvalue weighted by Crippen LogP contribution is 2.34. The summed E-state index contributed by atoms with van der Waals surface area (Å²) in [5.41, 5.74) is 2.47. The summed E-state index contributed by atoms with van der Waals surface area (Å²) < 4.78 is 5.42. The van der Waals surface area contributed by atoms with Gasteiger partial charge in [0.05, 0.1) is 27.4 Å². The molecule has 0 bridgehead atoms. The second-order valence-corrected chi connectivity index (χ2v) is 8.48. The highest BCUT2D eigenvalue weighted by atomic mass is 35.5. The zero-order valence-corrected chi connectivity index (χ0v) is 18.9.